The molecular weight excluding hydrogens is 434 g/mol. The van der Waals surface area contributed by atoms with Crippen molar-refractivity contribution in [2.24, 2.45) is 5.92 Å². The van der Waals surface area contributed by atoms with Gasteiger partial charge in [-0.25, -0.2) is 9.50 Å². The number of aryl methyl sites for hydroxylation is 1. The highest BCUT2D eigenvalue weighted by molar-refractivity contribution is 6.33. The second-order valence-electron chi connectivity index (χ2n) is 8.52. The molecule has 6 nitrogen and oxygen atoms in total. The van der Waals surface area contributed by atoms with Gasteiger partial charge in [0.1, 0.15) is 5.52 Å². The van der Waals surface area contributed by atoms with Crippen LogP contribution in [0, 0.1) is 12.8 Å². The maximum Gasteiger partial charge on any atom is 0.225 e. The van der Waals surface area contributed by atoms with E-state index < -0.39 is 0 Å². The lowest BCUT2D eigenvalue weighted by Gasteiger charge is -2.33. The summed E-state index contributed by atoms with van der Waals surface area (Å²) in [6.45, 7) is 4.12. The topological polar surface area (TPSA) is 62.5 Å². The Morgan fingerprint density at radius 3 is 2.85 bits per heavy atom. The van der Waals surface area contributed by atoms with Crippen LogP contribution in [0.15, 0.2) is 67.0 Å². The van der Waals surface area contributed by atoms with E-state index in [2.05, 4.69) is 34.3 Å². The number of nitrogens with zero attached hydrogens (tertiary/aromatic N) is 4. The van der Waals surface area contributed by atoms with Gasteiger partial charge in [0.05, 0.1) is 16.6 Å². The van der Waals surface area contributed by atoms with Crippen molar-refractivity contribution >= 4 is 28.8 Å². The normalized spacial score (nSPS) is 16.2. The molecule has 1 fully saturated rings. The lowest BCUT2D eigenvalue weighted by Crippen LogP contribution is -2.43. The van der Waals surface area contributed by atoms with Gasteiger partial charge in [-0.1, -0.05) is 54.1 Å². The Kier molecular flexibility index (Phi) is 6.01. The van der Waals surface area contributed by atoms with Crippen LogP contribution in [0.4, 0.5) is 5.82 Å². The molecule has 4 aromatic rings. The third-order valence-electron chi connectivity index (χ3n) is 6.33. The zero-order valence-electron chi connectivity index (χ0n) is 18.5. The number of amides is 1. The lowest BCUT2D eigenvalue weighted by atomic mass is 9.96. The minimum Gasteiger partial charge on any atom is -0.354 e. The fourth-order valence-corrected chi connectivity index (χ4v) is 4.70. The van der Waals surface area contributed by atoms with Gasteiger partial charge in [0.15, 0.2) is 5.82 Å². The number of carbonyl (C=O) groups excluding carboxylic acids is 1. The Labute approximate surface area is 198 Å². The first kappa shape index (κ1) is 21.5. The van der Waals surface area contributed by atoms with Crippen LogP contribution in [0.1, 0.15) is 24.0 Å². The van der Waals surface area contributed by atoms with Crippen molar-refractivity contribution in [3.05, 3.63) is 83.1 Å². The predicted octanol–water partition coefficient (Wildman–Crippen LogP) is 4.89. The number of halogens is 1. The van der Waals surface area contributed by atoms with Gasteiger partial charge in [0.25, 0.3) is 0 Å². The van der Waals surface area contributed by atoms with E-state index in [1.807, 2.05) is 53.2 Å². The second-order valence-corrected chi connectivity index (χ2v) is 8.93. The van der Waals surface area contributed by atoms with Crippen LogP contribution in [-0.2, 0) is 11.3 Å². The molecule has 5 rings (SSSR count). The van der Waals surface area contributed by atoms with E-state index in [1.54, 1.807) is 6.20 Å². The number of carbonyl (C=O) groups is 1. The largest absolute Gasteiger partial charge is 0.354 e. The average Bonchev–Trinajstić information content (AvgIpc) is 3.28. The standard InChI is InChI=1S/C26H26ClN5O/c1-18-7-2-3-8-19(18)16-29-26(33)20-9-6-13-31(17-20)25-24-15-23(30-32(24)14-12-28-25)21-10-4-5-11-22(21)27/h2-5,7-8,10-12,14-15,20H,6,9,13,16-17H2,1H3,(H,29,33). The monoisotopic (exact) mass is 459 g/mol. The fourth-order valence-electron chi connectivity index (χ4n) is 4.47. The number of hydrogen-bond acceptors (Lipinski definition) is 4. The molecule has 0 aliphatic carbocycles. The van der Waals surface area contributed by atoms with E-state index >= 15 is 0 Å². The highest BCUT2D eigenvalue weighted by Crippen LogP contribution is 2.31. The molecule has 0 radical (unpaired) electrons. The van der Waals surface area contributed by atoms with Crippen LogP contribution in [0.2, 0.25) is 5.02 Å². The zero-order chi connectivity index (χ0) is 22.8. The first-order valence-corrected chi connectivity index (χ1v) is 11.6. The van der Waals surface area contributed by atoms with Crippen molar-refractivity contribution < 1.29 is 4.79 Å². The molecule has 7 heteroatoms. The summed E-state index contributed by atoms with van der Waals surface area (Å²) in [5.41, 5.74) is 4.94. The molecule has 0 bridgehead atoms. The number of fused-ring (bicyclic) bond motifs is 1. The van der Waals surface area contributed by atoms with E-state index in [4.69, 9.17) is 16.7 Å². The third kappa shape index (κ3) is 4.44. The summed E-state index contributed by atoms with van der Waals surface area (Å²) >= 11 is 6.39. The molecule has 2 aromatic carbocycles. The Hall–Kier alpha value is -3.38. The Bertz CT molecular complexity index is 1300. The summed E-state index contributed by atoms with van der Waals surface area (Å²) in [6.07, 6.45) is 5.42. The highest BCUT2D eigenvalue weighted by Gasteiger charge is 2.28. The quantitative estimate of drug-likeness (QED) is 0.461. The molecule has 1 aliphatic heterocycles. The molecule has 3 heterocycles. The smallest absolute Gasteiger partial charge is 0.225 e. The minimum absolute atomic E-state index is 0.0733. The molecule has 1 aliphatic rings. The number of nitrogens with one attached hydrogen (secondary N) is 1. The third-order valence-corrected chi connectivity index (χ3v) is 6.65. The Morgan fingerprint density at radius 2 is 2.00 bits per heavy atom. The van der Waals surface area contributed by atoms with Crippen LogP contribution in [0.3, 0.4) is 0 Å². The van der Waals surface area contributed by atoms with E-state index in [1.165, 1.54) is 5.56 Å². The maximum absolute atomic E-state index is 13.0. The van der Waals surface area contributed by atoms with Crippen molar-refractivity contribution in [3.63, 3.8) is 0 Å². The van der Waals surface area contributed by atoms with Crippen LogP contribution in [0.5, 0.6) is 0 Å². The van der Waals surface area contributed by atoms with Crippen molar-refractivity contribution in [2.75, 3.05) is 18.0 Å². The summed E-state index contributed by atoms with van der Waals surface area (Å²) in [6, 6.07) is 17.9. The van der Waals surface area contributed by atoms with Crippen LogP contribution < -0.4 is 10.2 Å². The minimum atomic E-state index is -0.0733. The zero-order valence-corrected chi connectivity index (χ0v) is 19.3. The van der Waals surface area contributed by atoms with E-state index in [0.29, 0.717) is 18.1 Å². The molecule has 1 saturated heterocycles. The van der Waals surface area contributed by atoms with Gasteiger partial charge in [-0.15, -0.1) is 0 Å². The van der Waals surface area contributed by atoms with Gasteiger partial charge < -0.3 is 10.2 Å². The molecule has 1 unspecified atom stereocenters. The number of hydrogen-bond donors (Lipinski definition) is 1. The van der Waals surface area contributed by atoms with Crippen molar-refractivity contribution in [2.45, 2.75) is 26.3 Å². The maximum atomic E-state index is 13.0. The van der Waals surface area contributed by atoms with E-state index in [-0.39, 0.29) is 11.8 Å². The van der Waals surface area contributed by atoms with Crippen LogP contribution >= 0.6 is 11.6 Å². The molecule has 2 aromatic heterocycles. The number of benzene rings is 2. The molecule has 33 heavy (non-hydrogen) atoms. The first-order valence-electron chi connectivity index (χ1n) is 11.3. The number of rotatable bonds is 5. The number of piperidine rings is 1. The van der Waals surface area contributed by atoms with Gasteiger partial charge >= 0.3 is 0 Å². The fraction of sp³-hybridized carbons (Fsp3) is 0.269. The molecule has 1 N–H and O–H groups in total. The van der Waals surface area contributed by atoms with Gasteiger partial charge in [0.2, 0.25) is 5.91 Å². The average molecular weight is 460 g/mol. The van der Waals surface area contributed by atoms with Gasteiger partial charge in [-0.2, -0.15) is 5.10 Å². The Morgan fingerprint density at radius 1 is 1.18 bits per heavy atom. The molecule has 0 saturated carbocycles. The second kappa shape index (κ2) is 9.24. The molecule has 168 valence electrons. The van der Waals surface area contributed by atoms with Gasteiger partial charge in [-0.3, -0.25) is 4.79 Å². The lowest BCUT2D eigenvalue weighted by molar-refractivity contribution is -0.125. The van der Waals surface area contributed by atoms with E-state index in [9.17, 15) is 4.79 Å². The molecule has 1 amide bonds. The Balaban J connectivity index is 1.35. The van der Waals surface area contributed by atoms with Gasteiger partial charge in [-0.05, 0) is 43.0 Å². The van der Waals surface area contributed by atoms with Crippen LogP contribution in [-0.4, -0.2) is 33.6 Å². The summed E-state index contributed by atoms with van der Waals surface area (Å²) < 4.78 is 1.84. The highest BCUT2D eigenvalue weighted by atomic mass is 35.5. The summed E-state index contributed by atoms with van der Waals surface area (Å²) in [5, 5.41) is 8.51. The molecular formula is C26H26ClN5O. The molecule has 1 atom stereocenters. The molecule has 0 spiro atoms. The van der Waals surface area contributed by atoms with Crippen molar-refractivity contribution in [1.82, 2.24) is 19.9 Å². The van der Waals surface area contributed by atoms with Crippen molar-refractivity contribution in [1.29, 1.82) is 0 Å². The number of anilines is 1. The van der Waals surface area contributed by atoms with Crippen LogP contribution in [0.25, 0.3) is 16.8 Å². The van der Waals surface area contributed by atoms with Crippen molar-refractivity contribution in [3.8, 4) is 11.3 Å². The first-order chi connectivity index (χ1) is 16.1. The summed E-state index contributed by atoms with van der Waals surface area (Å²) in [4.78, 5) is 19.8. The summed E-state index contributed by atoms with van der Waals surface area (Å²) in [5.74, 6) is 0.871. The predicted molar refractivity (Wildman–Crippen MR) is 131 cm³/mol. The van der Waals surface area contributed by atoms with Gasteiger partial charge in [0, 0.05) is 37.6 Å². The number of aromatic nitrogens is 3. The SMILES string of the molecule is Cc1ccccc1CNC(=O)C1CCCN(c2nccn3nc(-c4ccccc4Cl)cc23)C1. The summed E-state index contributed by atoms with van der Waals surface area (Å²) in [7, 11) is 0. The van der Waals surface area contributed by atoms with E-state index in [0.717, 1.165) is 47.5 Å².